The van der Waals surface area contributed by atoms with E-state index in [4.69, 9.17) is 5.73 Å². The number of rotatable bonds is 4. The largest absolute Gasteiger partial charge is 0.398 e. The molecule has 94 valence electrons. The summed E-state index contributed by atoms with van der Waals surface area (Å²) in [5, 5.41) is 0. The molecule has 2 aromatic rings. The number of aryl methyl sites for hydroxylation is 1. The van der Waals surface area contributed by atoms with E-state index in [1.165, 1.54) is 5.56 Å². The number of nitrogens with zero attached hydrogens (tertiary/aromatic N) is 2. The lowest BCUT2D eigenvalue weighted by molar-refractivity contribution is 0.315. The number of hydrogen-bond acceptors (Lipinski definition) is 3. The third kappa shape index (κ3) is 3.08. The predicted octanol–water partition coefficient (Wildman–Crippen LogP) is 2.60. The molecular formula is C15H19N3. The molecule has 18 heavy (non-hydrogen) atoms. The second-order valence-corrected chi connectivity index (χ2v) is 4.64. The van der Waals surface area contributed by atoms with Crippen LogP contribution < -0.4 is 5.73 Å². The van der Waals surface area contributed by atoms with Gasteiger partial charge in [0, 0.05) is 25.0 Å². The summed E-state index contributed by atoms with van der Waals surface area (Å²) in [6.45, 7) is 3.76. The molecule has 3 nitrogen and oxygen atoms in total. The maximum absolute atomic E-state index is 5.95. The lowest BCUT2D eigenvalue weighted by Crippen LogP contribution is -2.19. The van der Waals surface area contributed by atoms with E-state index in [1.807, 2.05) is 30.5 Å². The van der Waals surface area contributed by atoms with E-state index in [1.54, 1.807) is 0 Å². The highest BCUT2D eigenvalue weighted by molar-refractivity contribution is 5.46. The van der Waals surface area contributed by atoms with Crippen molar-refractivity contribution in [3.63, 3.8) is 0 Å². The first-order chi connectivity index (χ1) is 8.66. The van der Waals surface area contributed by atoms with E-state index in [2.05, 4.69) is 36.0 Å². The first-order valence-corrected chi connectivity index (χ1v) is 6.09. The van der Waals surface area contributed by atoms with Crippen molar-refractivity contribution < 1.29 is 0 Å². The molecule has 1 heterocycles. The predicted molar refractivity (Wildman–Crippen MR) is 75.0 cm³/mol. The minimum absolute atomic E-state index is 0.834. The summed E-state index contributed by atoms with van der Waals surface area (Å²) < 4.78 is 0. The van der Waals surface area contributed by atoms with Gasteiger partial charge in [-0.15, -0.1) is 0 Å². The van der Waals surface area contributed by atoms with Crippen LogP contribution in [0, 0.1) is 6.92 Å². The van der Waals surface area contributed by atoms with Gasteiger partial charge in [0.1, 0.15) is 0 Å². The highest BCUT2D eigenvalue weighted by atomic mass is 15.1. The smallest absolute Gasteiger partial charge is 0.0573 e. The molecule has 0 fully saturated rings. The second kappa shape index (κ2) is 5.65. The molecule has 0 spiro atoms. The van der Waals surface area contributed by atoms with Crippen LogP contribution >= 0.6 is 0 Å². The first kappa shape index (κ1) is 12.6. The zero-order chi connectivity index (χ0) is 13.0. The Morgan fingerprint density at radius 1 is 1.11 bits per heavy atom. The molecule has 0 radical (unpaired) electrons. The molecule has 0 aliphatic rings. The van der Waals surface area contributed by atoms with E-state index < -0.39 is 0 Å². The molecular weight excluding hydrogens is 222 g/mol. The summed E-state index contributed by atoms with van der Waals surface area (Å²) in [6, 6.07) is 12.0. The highest BCUT2D eigenvalue weighted by Gasteiger charge is 2.06. The molecule has 3 heteroatoms. The van der Waals surface area contributed by atoms with Gasteiger partial charge in [-0.1, -0.05) is 24.3 Å². The molecule has 0 saturated carbocycles. The number of nitrogen functional groups attached to an aromatic ring is 1. The minimum atomic E-state index is 0.834. The Bertz CT molecular complexity index is 475. The van der Waals surface area contributed by atoms with Crippen LogP contribution in [0.1, 0.15) is 16.8 Å². The van der Waals surface area contributed by atoms with Gasteiger partial charge < -0.3 is 5.73 Å². The minimum Gasteiger partial charge on any atom is -0.398 e. The number of pyridine rings is 1. The molecule has 1 aromatic heterocycles. The average Bonchev–Trinajstić information content (AvgIpc) is 2.35. The number of hydrogen-bond donors (Lipinski definition) is 1. The third-order valence-electron chi connectivity index (χ3n) is 3.03. The van der Waals surface area contributed by atoms with Gasteiger partial charge in [0.25, 0.3) is 0 Å². The Hall–Kier alpha value is -1.87. The fraction of sp³-hybridized carbons (Fsp3) is 0.267. The average molecular weight is 241 g/mol. The van der Waals surface area contributed by atoms with Gasteiger partial charge in [0.2, 0.25) is 0 Å². The van der Waals surface area contributed by atoms with E-state index in [0.29, 0.717) is 0 Å². The van der Waals surface area contributed by atoms with Crippen molar-refractivity contribution in [2.45, 2.75) is 20.0 Å². The number of anilines is 1. The molecule has 0 saturated heterocycles. The van der Waals surface area contributed by atoms with Crippen LogP contribution in [-0.2, 0) is 13.1 Å². The highest BCUT2D eigenvalue weighted by Crippen LogP contribution is 2.14. The quantitative estimate of drug-likeness (QED) is 0.837. The zero-order valence-electron chi connectivity index (χ0n) is 10.9. The fourth-order valence-electron chi connectivity index (χ4n) is 1.96. The van der Waals surface area contributed by atoms with Crippen LogP contribution in [0.5, 0.6) is 0 Å². The second-order valence-electron chi connectivity index (χ2n) is 4.64. The zero-order valence-corrected chi connectivity index (χ0v) is 10.9. The van der Waals surface area contributed by atoms with Crippen molar-refractivity contribution in [1.82, 2.24) is 9.88 Å². The molecule has 0 bridgehead atoms. The van der Waals surface area contributed by atoms with Gasteiger partial charge in [-0.3, -0.25) is 9.88 Å². The lowest BCUT2D eigenvalue weighted by atomic mass is 10.1. The topological polar surface area (TPSA) is 42.2 Å². The van der Waals surface area contributed by atoms with E-state index >= 15 is 0 Å². The van der Waals surface area contributed by atoms with Crippen molar-refractivity contribution in [2.24, 2.45) is 0 Å². The van der Waals surface area contributed by atoms with Gasteiger partial charge in [-0.05, 0) is 37.2 Å². The summed E-state index contributed by atoms with van der Waals surface area (Å²) in [7, 11) is 2.08. The molecule has 2 rings (SSSR count). The maximum Gasteiger partial charge on any atom is 0.0573 e. The summed E-state index contributed by atoms with van der Waals surface area (Å²) in [5.74, 6) is 0. The van der Waals surface area contributed by atoms with Crippen molar-refractivity contribution in [3.05, 3.63) is 59.4 Å². The Kier molecular flexibility index (Phi) is 3.95. The summed E-state index contributed by atoms with van der Waals surface area (Å²) in [6.07, 6.45) is 1.84. The summed E-state index contributed by atoms with van der Waals surface area (Å²) in [4.78, 5) is 6.63. The van der Waals surface area contributed by atoms with E-state index in [0.717, 1.165) is 30.0 Å². The molecule has 0 unspecified atom stereocenters. The molecule has 0 aliphatic heterocycles. The van der Waals surface area contributed by atoms with Crippen molar-refractivity contribution in [1.29, 1.82) is 0 Å². The SMILES string of the molecule is Cc1cccnc1CN(C)Cc1ccccc1N. The van der Waals surface area contributed by atoms with E-state index in [9.17, 15) is 0 Å². The van der Waals surface area contributed by atoms with Crippen LogP contribution in [0.2, 0.25) is 0 Å². The van der Waals surface area contributed by atoms with Gasteiger partial charge in [-0.25, -0.2) is 0 Å². The Balaban J connectivity index is 2.04. The molecule has 2 N–H and O–H groups in total. The first-order valence-electron chi connectivity index (χ1n) is 6.09. The Morgan fingerprint density at radius 2 is 1.89 bits per heavy atom. The van der Waals surface area contributed by atoms with Crippen LogP contribution in [0.4, 0.5) is 5.69 Å². The van der Waals surface area contributed by atoms with Gasteiger partial charge in [0.05, 0.1) is 5.69 Å². The summed E-state index contributed by atoms with van der Waals surface area (Å²) in [5.41, 5.74) is 10.3. The lowest BCUT2D eigenvalue weighted by Gasteiger charge is -2.18. The van der Waals surface area contributed by atoms with Crippen molar-refractivity contribution in [2.75, 3.05) is 12.8 Å². The molecule has 0 aliphatic carbocycles. The molecule has 0 atom stereocenters. The summed E-state index contributed by atoms with van der Waals surface area (Å²) >= 11 is 0. The standard InChI is InChI=1S/C15H19N3/c1-12-6-5-9-17-15(12)11-18(2)10-13-7-3-4-8-14(13)16/h3-9H,10-11,16H2,1-2H3. The van der Waals surface area contributed by atoms with Gasteiger partial charge in [0.15, 0.2) is 0 Å². The Labute approximate surface area is 108 Å². The normalized spacial score (nSPS) is 10.8. The monoisotopic (exact) mass is 241 g/mol. The van der Waals surface area contributed by atoms with E-state index in [-0.39, 0.29) is 0 Å². The molecule has 1 aromatic carbocycles. The third-order valence-corrected chi connectivity index (χ3v) is 3.03. The Morgan fingerprint density at radius 3 is 2.61 bits per heavy atom. The molecule has 0 amide bonds. The van der Waals surface area contributed by atoms with Crippen molar-refractivity contribution in [3.8, 4) is 0 Å². The van der Waals surface area contributed by atoms with Gasteiger partial charge >= 0.3 is 0 Å². The van der Waals surface area contributed by atoms with Crippen LogP contribution in [0.25, 0.3) is 0 Å². The van der Waals surface area contributed by atoms with Crippen LogP contribution in [-0.4, -0.2) is 16.9 Å². The van der Waals surface area contributed by atoms with Gasteiger partial charge in [-0.2, -0.15) is 0 Å². The maximum atomic E-state index is 5.95. The number of aromatic nitrogens is 1. The van der Waals surface area contributed by atoms with Crippen LogP contribution in [0.15, 0.2) is 42.6 Å². The number of para-hydroxylation sites is 1. The number of nitrogens with two attached hydrogens (primary N) is 1. The van der Waals surface area contributed by atoms with Crippen LogP contribution in [0.3, 0.4) is 0 Å². The van der Waals surface area contributed by atoms with Crippen molar-refractivity contribution >= 4 is 5.69 Å². The fourth-order valence-corrected chi connectivity index (χ4v) is 1.96. The number of benzene rings is 1.